The molecule has 1 aliphatic rings. The molecule has 1 fully saturated rings. The van der Waals surface area contributed by atoms with Crippen molar-refractivity contribution in [3.05, 3.63) is 35.4 Å². The molecular weight excluding hydrogens is 278 g/mol. The van der Waals surface area contributed by atoms with E-state index in [1.54, 1.807) is 0 Å². The minimum atomic E-state index is -0.264. The number of esters is 1. The van der Waals surface area contributed by atoms with Gasteiger partial charge in [0.25, 0.3) is 0 Å². The number of rotatable bonds is 6. The molecule has 22 heavy (non-hydrogen) atoms. The molecule has 4 nitrogen and oxygen atoms in total. The summed E-state index contributed by atoms with van der Waals surface area (Å²) >= 11 is 0. The first kappa shape index (κ1) is 16.7. The van der Waals surface area contributed by atoms with Gasteiger partial charge >= 0.3 is 5.97 Å². The molecule has 1 aromatic carbocycles. The number of Topliss-reactive ketones (excluding diaryl/α,β-unsaturated/α-hetero) is 1. The van der Waals surface area contributed by atoms with Crippen molar-refractivity contribution in [2.24, 2.45) is 17.6 Å². The molecule has 2 N–H and O–H groups in total. The summed E-state index contributed by atoms with van der Waals surface area (Å²) in [7, 11) is 0. The molecule has 0 spiro atoms. The molecule has 0 unspecified atom stereocenters. The Morgan fingerprint density at radius 3 is 2.32 bits per heavy atom. The van der Waals surface area contributed by atoms with Crippen LogP contribution in [0.25, 0.3) is 0 Å². The van der Waals surface area contributed by atoms with Gasteiger partial charge in [0.15, 0.2) is 5.78 Å². The molecule has 0 aliphatic heterocycles. The van der Waals surface area contributed by atoms with Crippen molar-refractivity contribution in [2.75, 3.05) is 13.2 Å². The highest BCUT2D eigenvalue weighted by Gasteiger charge is 2.26. The second kappa shape index (κ2) is 8.08. The van der Waals surface area contributed by atoms with E-state index in [1.807, 2.05) is 24.3 Å². The summed E-state index contributed by atoms with van der Waals surface area (Å²) in [4.78, 5) is 23.2. The molecule has 0 heterocycles. The van der Waals surface area contributed by atoms with Gasteiger partial charge in [0.05, 0.1) is 6.61 Å². The molecule has 0 radical (unpaired) electrons. The van der Waals surface area contributed by atoms with Crippen LogP contribution in [0, 0.1) is 11.8 Å². The minimum Gasteiger partial charge on any atom is -0.466 e. The molecule has 120 valence electrons. The lowest BCUT2D eigenvalue weighted by Crippen LogP contribution is -2.25. The number of carbonyl (C=O) groups excluding carboxylic acids is 2. The molecule has 1 aromatic rings. The van der Waals surface area contributed by atoms with Gasteiger partial charge in [0.1, 0.15) is 0 Å². The van der Waals surface area contributed by atoms with Gasteiger partial charge in [-0.05, 0) is 43.7 Å². The lowest BCUT2D eigenvalue weighted by molar-refractivity contribution is -0.140. The molecule has 0 bridgehead atoms. The Balaban J connectivity index is 1.87. The molecular formula is C18H25NO3. The first-order chi connectivity index (χ1) is 10.6. The zero-order chi connectivity index (χ0) is 15.9. The Kier molecular flexibility index (Phi) is 6.13. The molecule has 0 saturated heterocycles. The van der Waals surface area contributed by atoms with E-state index < -0.39 is 0 Å². The summed E-state index contributed by atoms with van der Waals surface area (Å²) in [5.41, 5.74) is 7.55. The van der Waals surface area contributed by atoms with Gasteiger partial charge in [0.2, 0.25) is 0 Å². The summed E-state index contributed by atoms with van der Waals surface area (Å²) in [5, 5.41) is 0. The fraction of sp³-hybridized carbons (Fsp3) is 0.556. The van der Waals surface area contributed by atoms with E-state index in [0.29, 0.717) is 18.9 Å². The summed E-state index contributed by atoms with van der Waals surface area (Å²) in [6, 6.07) is 7.67. The third-order valence-corrected chi connectivity index (χ3v) is 4.49. The lowest BCUT2D eigenvalue weighted by atomic mass is 9.78. The van der Waals surface area contributed by atoms with Crippen LogP contribution in [0.1, 0.15) is 48.5 Å². The third-order valence-electron chi connectivity index (χ3n) is 4.49. The Morgan fingerprint density at radius 1 is 1.14 bits per heavy atom. The number of benzene rings is 1. The van der Waals surface area contributed by atoms with Crippen LogP contribution in [0.15, 0.2) is 24.3 Å². The van der Waals surface area contributed by atoms with Crippen LogP contribution in [0.4, 0.5) is 0 Å². The fourth-order valence-corrected chi connectivity index (χ4v) is 3.04. The predicted molar refractivity (Wildman–Crippen MR) is 85.6 cm³/mol. The highest BCUT2D eigenvalue weighted by Crippen LogP contribution is 2.30. The largest absolute Gasteiger partial charge is 0.466 e. The zero-order valence-corrected chi connectivity index (χ0v) is 13.2. The third kappa shape index (κ3) is 4.67. The van der Waals surface area contributed by atoms with Crippen LogP contribution in [-0.4, -0.2) is 24.9 Å². The van der Waals surface area contributed by atoms with Crippen molar-refractivity contribution in [2.45, 2.75) is 39.0 Å². The molecule has 2 rings (SSSR count). The van der Waals surface area contributed by atoms with Crippen LogP contribution in [0.2, 0.25) is 0 Å². The van der Waals surface area contributed by atoms with Gasteiger partial charge < -0.3 is 10.5 Å². The lowest BCUT2D eigenvalue weighted by Gasteiger charge is -2.26. The van der Waals surface area contributed by atoms with Crippen molar-refractivity contribution in [1.29, 1.82) is 0 Å². The predicted octanol–water partition coefficient (Wildman–Crippen LogP) is 2.74. The van der Waals surface area contributed by atoms with Crippen LogP contribution >= 0.6 is 0 Å². The second-order valence-electron chi connectivity index (χ2n) is 6.10. The first-order valence-electron chi connectivity index (χ1n) is 8.06. The maximum absolute atomic E-state index is 12.5. The summed E-state index contributed by atoms with van der Waals surface area (Å²) < 4.78 is 4.92. The molecule has 1 saturated carbocycles. The summed E-state index contributed by atoms with van der Waals surface area (Å²) in [5.74, 6) is 0.726. The normalized spacial score (nSPS) is 21.4. The van der Waals surface area contributed by atoms with Crippen molar-refractivity contribution in [3.8, 4) is 0 Å². The maximum Gasteiger partial charge on any atom is 0.302 e. The van der Waals surface area contributed by atoms with Crippen molar-refractivity contribution >= 4 is 11.8 Å². The Labute approximate surface area is 132 Å². The Bertz CT molecular complexity index is 502. The van der Waals surface area contributed by atoms with Crippen LogP contribution in [0.5, 0.6) is 0 Å². The van der Waals surface area contributed by atoms with E-state index in [2.05, 4.69) is 0 Å². The quantitative estimate of drug-likeness (QED) is 0.648. The molecule has 0 atom stereocenters. The maximum atomic E-state index is 12.5. The highest BCUT2D eigenvalue weighted by molar-refractivity contribution is 5.97. The van der Waals surface area contributed by atoms with E-state index in [0.717, 1.165) is 43.4 Å². The Morgan fingerprint density at radius 2 is 1.77 bits per heavy atom. The van der Waals surface area contributed by atoms with Crippen molar-refractivity contribution in [3.63, 3.8) is 0 Å². The van der Waals surface area contributed by atoms with Gasteiger partial charge in [-0.3, -0.25) is 9.59 Å². The number of ether oxygens (including phenoxy) is 1. The monoisotopic (exact) mass is 303 g/mol. The van der Waals surface area contributed by atoms with Crippen LogP contribution in [-0.2, 0) is 16.0 Å². The van der Waals surface area contributed by atoms with E-state index >= 15 is 0 Å². The van der Waals surface area contributed by atoms with Gasteiger partial charge in [-0.15, -0.1) is 0 Å². The minimum absolute atomic E-state index is 0.148. The number of ketones is 1. The number of hydrogen-bond donors (Lipinski definition) is 1. The second-order valence-corrected chi connectivity index (χ2v) is 6.10. The van der Waals surface area contributed by atoms with Crippen molar-refractivity contribution in [1.82, 2.24) is 0 Å². The number of nitrogens with two attached hydrogens (primary N) is 1. The smallest absolute Gasteiger partial charge is 0.302 e. The van der Waals surface area contributed by atoms with E-state index in [-0.39, 0.29) is 17.7 Å². The topological polar surface area (TPSA) is 69.4 Å². The highest BCUT2D eigenvalue weighted by atomic mass is 16.5. The van der Waals surface area contributed by atoms with E-state index in [9.17, 15) is 9.59 Å². The zero-order valence-electron chi connectivity index (χ0n) is 13.2. The number of carbonyl (C=O) groups is 2. The first-order valence-corrected chi connectivity index (χ1v) is 8.06. The van der Waals surface area contributed by atoms with E-state index in [1.165, 1.54) is 6.92 Å². The van der Waals surface area contributed by atoms with Gasteiger partial charge in [-0.2, -0.15) is 0 Å². The number of hydrogen-bond acceptors (Lipinski definition) is 4. The van der Waals surface area contributed by atoms with Crippen LogP contribution < -0.4 is 5.73 Å². The standard InChI is InChI=1S/C18H25NO3/c1-13(20)22-11-10-14-2-6-16(7-3-14)18(21)17-8-4-15(12-19)5-9-17/h2-3,6-7,15,17H,4-5,8-12,19H2,1H3. The van der Waals surface area contributed by atoms with E-state index in [4.69, 9.17) is 10.5 Å². The fourth-order valence-electron chi connectivity index (χ4n) is 3.04. The van der Waals surface area contributed by atoms with Gasteiger partial charge in [0, 0.05) is 24.8 Å². The SMILES string of the molecule is CC(=O)OCCc1ccc(C(=O)C2CCC(CN)CC2)cc1. The molecule has 1 aliphatic carbocycles. The average Bonchev–Trinajstić information content (AvgIpc) is 2.54. The molecule has 4 heteroatoms. The summed E-state index contributed by atoms with van der Waals surface area (Å²) in [6.45, 7) is 2.52. The van der Waals surface area contributed by atoms with Gasteiger partial charge in [-0.25, -0.2) is 0 Å². The summed E-state index contributed by atoms with van der Waals surface area (Å²) in [6.07, 6.45) is 4.71. The van der Waals surface area contributed by atoms with Gasteiger partial charge in [-0.1, -0.05) is 24.3 Å². The molecule has 0 amide bonds. The average molecular weight is 303 g/mol. The van der Waals surface area contributed by atoms with Crippen LogP contribution in [0.3, 0.4) is 0 Å². The molecule has 0 aromatic heterocycles. The van der Waals surface area contributed by atoms with Crippen molar-refractivity contribution < 1.29 is 14.3 Å². The Hall–Kier alpha value is -1.68.